The van der Waals surface area contributed by atoms with Gasteiger partial charge in [0.25, 0.3) is 5.91 Å². The predicted octanol–water partition coefficient (Wildman–Crippen LogP) is 2.65. The number of nitrogen functional groups attached to an aromatic ring is 1. The molecule has 0 saturated carbocycles. The van der Waals surface area contributed by atoms with Crippen LogP contribution in [0.15, 0.2) is 42.6 Å². The monoisotopic (exact) mass is 432 g/mol. The van der Waals surface area contributed by atoms with Gasteiger partial charge in [-0.1, -0.05) is 18.2 Å². The number of aromatic nitrogens is 3. The molecule has 32 heavy (non-hydrogen) atoms. The number of rotatable bonds is 4. The van der Waals surface area contributed by atoms with E-state index in [9.17, 15) is 9.59 Å². The third-order valence-corrected chi connectivity index (χ3v) is 6.76. The Hall–Kier alpha value is -3.42. The van der Waals surface area contributed by atoms with Gasteiger partial charge in [0.2, 0.25) is 5.91 Å². The second-order valence-corrected chi connectivity index (χ2v) is 9.40. The molecule has 8 nitrogen and oxygen atoms in total. The number of amides is 2. The Kier molecular flexibility index (Phi) is 4.87. The Morgan fingerprint density at radius 2 is 1.97 bits per heavy atom. The molecule has 2 fully saturated rings. The summed E-state index contributed by atoms with van der Waals surface area (Å²) in [5, 5.41) is 5.90. The number of benzene rings is 1. The van der Waals surface area contributed by atoms with Crippen molar-refractivity contribution in [1.29, 1.82) is 0 Å². The molecule has 0 bridgehead atoms. The fourth-order valence-electron chi connectivity index (χ4n) is 4.94. The highest BCUT2D eigenvalue weighted by molar-refractivity contribution is 5.95. The van der Waals surface area contributed by atoms with Crippen molar-refractivity contribution in [2.24, 2.45) is 0 Å². The minimum absolute atomic E-state index is 0.0504. The van der Waals surface area contributed by atoms with Crippen molar-refractivity contribution in [3.8, 4) is 0 Å². The van der Waals surface area contributed by atoms with E-state index in [4.69, 9.17) is 10.8 Å². The Labute approximate surface area is 187 Å². The molecule has 4 heterocycles. The van der Waals surface area contributed by atoms with Crippen molar-refractivity contribution in [2.45, 2.75) is 44.7 Å². The lowest BCUT2D eigenvalue weighted by molar-refractivity contribution is -0.135. The van der Waals surface area contributed by atoms with Gasteiger partial charge >= 0.3 is 0 Å². The molecular formula is C24H28N6O2. The van der Waals surface area contributed by atoms with Crippen LogP contribution in [0, 0.1) is 0 Å². The quantitative estimate of drug-likeness (QED) is 0.684. The van der Waals surface area contributed by atoms with E-state index in [0.29, 0.717) is 24.5 Å². The third kappa shape index (κ3) is 3.49. The summed E-state index contributed by atoms with van der Waals surface area (Å²) in [5.74, 6) is 0.532. The van der Waals surface area contributed by atoms with Crippen LogP contribution in [0.3, 0.4) is 0 Å². The van der Waals surface area contributed by atoms with Gasteiger partial charge in [0.15, 0.2) is 0 Å². The fourth-order valence-corrected chi connectivity index (χ4v) is 4.94. The largest absolute Gasteiger partial charge is 0.384 e. The number of nitrogens with zero attached hydrogens (tertiary/aromatic N) is 5. The summed E-state index contributed by atoms with van der Waals surface area (Å²) in [7, 11) is 0. The normalized spacial score (nSPS) is 18.2. The predicted molar refractivity (Wildman–Crippen MR) is 122 cm³/mol. The first kappa shape index (κ1) is 20.5. The van der Waals surface area contributed by atoms with Crippen LogP contribution in [-0.2, 0) is 11.3 Å². The first-order chi connectivity index (χ1) is 15.3. The molecule has 0 atom stereocenters. The van der Waals surface area contributed by atoms with Crippen molar-refractivity contribution in [3.05, 3.63) is 53.9 Å². The van der Waals surface area contributed by atoms with E-state index in [2.05, 4.69) is 18.8 Å². The Morgan fingerprint density at radius 1 is 1.19 bits per heavy atom. The molecular weight excluding hydrogens is 404 g/mol. The molecule has 2 amide bonds. The molecule has 166 valence electrons. The van der Waals surface area contributed by atoms with Crippen LogP contribution in [-0.4, -0.2) is 61.6 Å². The van der Waals surface area contributed by atoms with Crippen LogP contribution < -0.4 is 5.73 Å². The van der Waals surface area contributed by atoms with Crippen LogP contribution in [0.2, 0.25) is 0 Å². The van der Waals surface area contributed by atoms with Crippen molar-refractivity contribution >= 4 is 28.5 Å². The minimum Gasteiger partial charge on any atom is -0.384 e. The first-order valence-corrected chi connectivity index (χ1v) is 11.1. The van der Waals surface area contributed by atoms with Crippen LogP contribution in [0.4, 0.5) is 5.82 Å². The fraction of sp³-hybridized carbons (Fsp3) is 0.417. The lowest BCUT2D eigenvalue weighted by atomic mass is 9.93. The lowest BCUT2D eigenvalue weighted by Gasteiger charge is -2.38. The minimum atomic E-state index is -0.103. The third-order valence-electron chi connectivity index (χ3n) is 6.76. The first-order valence-electron chi connectivity index (χ1n) is 11.1. The Morgan fingerprint density at radius 3 is 2.69 bits per heavy atom. The molecule has 5 rings (SSSR count). The maximum absolute atomic E-state index is 13.1. The summed E-state index contributed by atoms with van der Waals surface area (Å²) in [6.45, 7) is 6.47. The molecule has 3 aromatic rings. The summed E-state index contributed by atoms with van der Waals surface area (Å²) >= 11 is 0. The van der Waals surface area contributed by atoms with Crippen molar-refractivity contribution in [2.75, 3.05) is 25.4 Å². The van der Waals surface area contributed by atoms with Gasteiger partial charge in [-0.15, -0.1) is 0 Å². The van der Waals surface area contributed by atoms with E-state index < -0.39 is 0 Å². The zero-order valence-electron chi connectivity index (χ0n) is 18.5. The van der Waals surface area contributed by atoms with Crippen LogP contribution in [0.5, 0.6) is 0 Å². The number of fused-ring (bicyclic) bond motifs is 1. The van der Waals surface area contributed by atoms with Crippen molar-refractivity contribution < 1.29 is 9.59 Å². The molecule has 2 aromatic heterocycles. The smallest absolute Gasteiger partial charge is 0.254 e. The second kappa shape index (κ2) is 7.62. The van der Waals surface area contributed by atoms with Crippen molar-refractivity contribution in [3.63, 3.8) is 0 Å². The number of para-hydroxylation sites is 1. The average Bonchev–Trinajstić information content (AvgIpc) is 3.27. The second-order valence-electron chi connectivity index (χ2n) is 9.40. The zero-order valence-corrected chi connectivity index (χ0v) is 18.5. The van der Waals surface area contributed by atoms with Gasteiger partial charge in [-0.2, -0.15) is 5.10 Å². The number of hydrogen-bond acceptors (Lipinski definition) is 5. The van der Waals surface area contributed by atoms with E-state index in [1.807, 2.05) is 33.8 Å². The van der Waals surface area contributed by atoms with E-state index in [1.54, 1.807) is 23.2 Å². The highest BCUT2D eigenvalue weighted by Gasteiger charge is 2.37. The molecule has 8 heteroatoms. The Bertz CT molecular complexity index is 1190. The molecule has 0 spiro atoms. The SMILES string of the molecule is CC1(C)CCCN1C(=O)Cn1nc(C2CN(C(=O)c3ccnc(N)c3)C2)c2ccccc21. The van der Waals surface area contributed by atoms with Crippen molar-refractivity contribution in [1.82, 2.24) is 24.6 Å². The number of pyridine rings is 1. The summed E-state index contributed by atoms with van der Waals surface area (Å²) in [5.41, 5.74) is 8.07. The van der Waals surface area contributed by atoms with Gasteiger partial charge in [0, 0.05) is 48.2 Å². The summed E-state index contributed by atoms with van der Waals surface area (Å²) in [4.78, 5) is 33.5. The van der Waals surface area contributed by atoms with Gasteiger partial charge in [-0.05, 0) is 44.9 Å². The lowest BCUT2D eigenvalue weighted by Crippen LogP contribution is -2.48. The van der Waals surface area contributed by atoms with E-state index in [0.717, 1.165) is 36.0 Å². The number of anilines is 1. The van der Waals surface area contributed by atoms with Gasteiger partial charge in [-0.25, -0.2) is 4.98 Å². The summed E-state index contributed by atoms with van der Waals surface area (Å²) in [6, 6.07) is 11.3. The number of carbonyl (C=O) groups excluding carboxylic acids is 2. The molecule has 2 aliphatic heterocycles. The molecule has 0 radical (unpaired) electrons. The van der Waals surface area contributed by atoms with Crippen LogP contribution >= 0.6 is 0 Å². The number of hydrogen-bond donors (Lipinski definition) is 1. The number of carbonyl (C=O) groups is 2. The molecule has 2 saturated heterocycles. The zero-order chi connectivity index (χ0) is 22.5. The number of likely N-dealkylation sites (tertiary alicyclic amines) is 2. The molecule has 1 aromatic carbocycles. The highest BCUT2D eigenvalue weighted by atomic mass is 16.2. The van der Waals surface area contributed by atoms with Gasteiger partial charge in [0.05, 0.1) is 11.2 Å². The Balaban J connectivity index is 1.35. The molecule has 0 aliphatic carbocycles. The van der Waals surface area contributed by atoms with Gasteiger partial charge in [0.1, 0.15) is 12.4 Å². The maximum Gasteiger partial charge on any atom is 0.254 e. The highest BCUT2D eigenvalue weighted by Crippen LogP contribution is 2.33. The number of nitrogens with two attached hydrogens (primary N) is 1. The van der Waals surface area contributed by atoms with E-state index in [1.165, 1.54) is 0 Å². The maximum atomic E-state index is 13.1. The molecule has 2 N–H and O–H groups in total. The van der Waals surface area contributed by atoms with Crippen LogP contribution in [0.1, 0.15) is 48.7 Å². The van der Waals surface area contributed by atoms with Crippen LogP contribution in [0.25, 0.3) is 10.9 Å². The molecule has 2 aliphatic rings. The standard InChI is InChI=1S/C24H28N6O2/c1-24(2)9-5-11-29(24)21(31)15-30-19-7-4-3-6-18(19)22(27-30)17-13-28(14-17)23(32)16-8-10-26-20(25)12-16/h3-4,6-8,10,12,17H,5,9,11,13-15H2,1-2H3,(H2,25,26). The van der Waals surface area contributed by atoms with Gasteiger partial charge < -0.3 is 15.5 Å². The average molecular weight is 433 g/mol. The van der Waals surface area contributed by atoms with E-state index in [-0.39, 0.29) is 29.8 Å². The topological polar surface area (TPSA) is 97.4 Å². The summed E-state index contributed by atoms with van der Waals surface area (Å²) in [6.07, 6.45) is 3.62. The van der Waals surface area contributed by atoms with E-state index >= 15 is 0 Å². The molecule has 0 unspecified atom stereocenters. The van der Waals surface area contributed by atoms with Gasteiger partial charge in [-0.3, -0.25) is 14.3 Å². The summed E-state index contributed by atoms with van der Waals surface area (Å²) < 4.78 is 1.83.